The second kappa shape index (κ2) is 7.63. The number of aromatic nitrogens is 4. The number of nitrogens with zero attached hydrogens (tertiary/aromatic N) is 4. The first-order valence-corrected chi connectivity index (χ1v) is 10.1. The summed E-state index contributed by atoms with van der Waals surface area (Å²) in [7, 11) is 0. The molecule has 1 amide bonds. The summed E-state index contributed by atoms with van der Waals surface area (Å²) in [5.41, 5.74) is 1.87. The Bertz CT molecular complexity index is 1050. The number of hydrogen-bond acceptors (Lipinski definition) is 6. The number of carbonyl (C=O) groups is 1. The van der Waals surface area contributed by atoms with Gasteiger partial charge in [0.1, 0.15) is 10.7 Å². The van der Waals surface area contributed by atoms with E-state index in [0.29, 0.717) is 30.3 Å². The van der Waals surface area contributed by atoms with Gasteiger partial charge in [-0.1, -0.05) is 6.07 Å². The standard InChI is InChI=1S/C20H21N5O2S/c1-12-18(28-13(2)22-12)20(27)25-9-6-14(7-10-25)19-23-16(11-17(26)24-19)15-5-3-4-8-21-15/h3-5,8,11,14H,6-7,9-10H2,1-2H3,(H,23,24,26). The van der Waals surface area contributed by atoms with Crippen LogP contribution < -0.4 is 5.56 Å². The highest BCUT2D eigenvalue weighted by molar-refractivity contribution is 7.13. The van der Waals surface area contributed by atoms with Crippen molar-refractivity contribution in [2.75, 3.05) is 13.1 Å². The molecular weight excluding hydrogens is 374 g/mol. The van der Waals surface area contributed by atoms with Crippen molar-refractivity contribution in [3.05, 3.63) is 62.2 Å². The molecule has 0 aromatic carbocycles. The fraction of sp³-hybridized carbons (Fsp3) is 0.350. The molecule has 1 aliphatic rings. The molecule has 1 saturated heterocycles. The molecule has 8 heteroatoms. The summed E-state index contributed by atoms with van der Waals surface area (Å²) < 4.78 is 0. The number of aryl methyl sites for hydroxylation is 2. The van der Waals surface area contributed by atoms with E-state index in [4.69, 9.17) is 0 Å². The van der Waals surface area contributed by atoms with Crippen LogP contribution in [0.4, 0.5) is 0 Å². The second-order valence-electron chi connectivity index (χ2n) is 6.94. The predicted octanol–water partition coefficient (Wildman–Crippen LogP) is 2.93. The number of aromatic amines is 1. The summed E-state index contributed by atoms with van der Waals surface area (Å²) in [5.74, 6) is 0.833. The fourth-order valence-electron chi connectivity index (χ4n) is 3.54. The van der Waals surface area contributed by atoms with E-state index in [0.717, 1.165) is 28.4 Å². The number of pyridine rings is 1. The third kappa shape index (κ3) is 3.73. The molecule has 0 radical (unpaired) electrons. The molecular formula is C20H21N5O2S. The molecule has 4 heterocycles. The van der Waals surface area contributed by atoms with Crippen molar-refractivity contribution in [3.63, 3.8) is 0 Å². The lowest BCUT2D eigenvalue weighted by Gasteiger charge is -2.31. The highest BCUT2D eigenvalue weighted by Gasteiger charge is 2.28. The van der Waals surface area contributed by atoms with Crippen LogP contribution >= 0.6 is 11.3 Å². The Morgan fingerprint density at radius 3 is 2.61 bits per heavy atom. The van der Waals surface area contributed by atoms with Crippen LogP contribution in [0.15, 0.2) is 35.3 Å². The average Bonchev–Trinajstić information content (AvgIpc) is 3.06. The molecule has 3 aromatic heterocycles. The van der Waals surface area contributed by atoms with E-state index in [1.54, 1.807) is 6.20 Å². The van der Waals surface area contributed by atoms with Gasteiger partial charge in [0.15, 0.2) is 0 Å². The van der Waals surface area contributed by atoms with Crippen LogP contribution in [0.5, 0.6) is 0 Å². The highest BCUT2D eigenvalue weighted by atomic mass is 32.1. The van der Waals surface area contributed by atoms with E-state index in [1.807, 2.05) is 36.9 Å². The Balaban J connectivity index is 1.50. The van der Waals surface area contributed by atoms with Gasteiger partial charge < -0.3 is 9.88 Å². The van der Waals surface area contributed by atoms with Gasteiger partial charge in [-0.2, -0.15) is 0 Å². The van der Waals surface area contributed by atoms with E-state index in [-0.39, 0.29) is 17.4 Å². The second-order valence-corrected chi connectivity index (χ2v) is 8.15. The van der Waals surface area contributed by atoms with Crippen LogP contribution in [0.1, 0.15) is 45.0 Å². The molecule has 4 rings (SSSR count). The number of nitrogens with one attached hydrogen (secondary N) is 1. The van der Waals surface area contributed by atoms with Crippen molar-refractivity contribution < 1.29 is 4.79 Å². The zero-order valence-corrected chi connectivity index (χ0v) is 16.6. The van der Waals surface area contributed by atoms with E-state index in [9.17, 15) is 9.59 Å². The van der Waals surface area contributed by atoms with Crippen molar-refractivity contribution in [1.82, 2.24) is 24.8 Å². The van der Waals surface area contributed by atoms with Gasteiger partial charge in [-0.3, -0.25) is 14.6 Å². The summed E-state index contributed by atoms with van der Waals surface area (Å²) in [6, 6.07) is 7.01. The fourth-order valence-corrected chi connectivity index (χ4v) is 4.43. The molecule has 0 atom stereocenters. The van der Waals surface area contributed by atoms with Crippen LogP contribution in [0.25, 0.3) is 11.4 Å². The minimum atomic E-state index is -0.181. The van der Waals surface area contributed by atoms with Crippen molar-refractivity contribution in [2.24, 2.45) is 0 Å². The minimum absolute atomic E-state index is 0.0465. The maximum atomic E-state index is 12.8. The van der Waals surface area contributed by atoms with Crippen LogP contribution in [0.2, 0.25) is 0 Å². The maximum absolute atomic E-state index is 12.8. The Morgan fingerprint density at radius 1 is 1.18 bits per heavy atom. The van der Waals surface area contributed by atoms with Gasteiger partial charge in [0.2, 0.25) is 0 Å². The van der Waals surface area contributed by atoms with Crippen molar-refractivity contribution in [2.45, 2.75) is 32.6 Å². The maximum Gasteiger partial charge on any atom is 0.265 e. The average molecular weight is 395 g/mol. The smallest absolute Gasteiger partial charge is 0.265 e. The van der Waals surface area contributed by atoms with Gasteiger partial charge in [0, 0.05) is 31.3 Å². The highest BCUT2D eigenvalue weighted by Crippen LogP contribution is 2.28. The molecule has 3 aromatic rings. The van der Waals surface area contributed by atoms with Gasteiger partial charge >= 0.3 is 0 Å². The number of likely N-dealkylation sites (tertiary alicyclic amines) is 1. The first kappa shape index (κ1) is 18.5. The number of hydrogen-bond donors (Lipinski definition) is 1. The minimum Gasteiger partial charge on any atom is -0.338 e. The Labute approximate surface area is 166 Å². The molecule has 0 bridgehead atoms. The number of amides is 1. The van der Waals surface area contributed by atoms with Gasteiger partial charge in [-0.15, -0.1) is 11.3 Å². The van der Waals surface area contributed by atoms with Gasteiger partial charge in [-0.25, -0.2) is 9.97 Å². The molecule has 0 spiro atoms. The molecule has 7 nitrogen and oxygen atoms in total. The zero-order chi connectivity index (χ0) is 19.7. The Kier molecular flexibility index (Phi) is 5.04. The molecule has 1 N–H and O–H groups in total. The number of carbonyl (C=O) groups excluding carboxylic acids is 1. The number of piperidine rings is 1. The Hall–Kier alpha value is -2.87. The topological polar surface area (TPSA) is 91.8 Å². The zero-order valence-electron chi connectivity index (χ0n) is 15.8. The predicted molar refractivity (Wildman–Crippen MR) is 108 cm³/mol. The van der Waals surface area contributed by atoms with Crippen molar-refractivity contribution in [1.29, 1.82) is 0 Å². The molecule has 1 fully saturated rings. The molecule has 0 aliphatic carbocycles. The molecule has 0 saturated carbocycles. The van der Waals surface area contributed by atoms with E-state index < -0.39 is 0 Å². The van der Waals surface area contributed by atoms with Crippen LogP contribution in [0, 0.1) is 13.8 Å². The molecule has 28 heavy (non-hydrogen) atoms. The first-order chi connectivity index (χ1) is 13.5. The van der Waals surface area contributed by atoms with Gasteiger partial charge in [-0.05, 0) is 38.8 Å². The van der Waals surface area contributed by atoms with E-state index in [2.05, 4.69) is 19.9 Å². The number of thiazole rings is 1. The van der Waals surface area contributed by atoms with Gasteiger partial charge in [0.25, 0.3) is 11.5 Å². The Morgan fingerprint density at radius 2 is 1.96 bits per heavy atom. The largest absolute Gasteiger partial charge is 0.338 e. The third-order valence-electron chi connectivity index (χ3n) is 4.95. The number of H-pyrrole nitrogens is 1. The summed E-state index contributed by atoms with van der Waals surface area (Å²) in [4.78, 5) is 43.7. The number of rotatable bonds is 3. The lowest BCUT2D eigenvalue weighted by atomic mass is 9.95. The SMILES string of the molecule is Cc1nc(C)c(C(=O)N2CCC(c3nc(-c4ccccn4)cc(=O)[nH]3)CC2)s1. The quantitative estimate of drug-likeness (QED) is 0.736. The third-order valence-corrected chi connectivity index (χ3v) is 6.01. The van der Waals surface area contributed by atoms with Crippen LogP contribution in [-0.2, 0) is 0 Å². The van der Waals surface area contributed by atoms with Crippen LogP contribution in [-0.4, -0.2) is 43.8 Å². The monoisotopic (exact) mass is 395 g/mol. The molecule has 0 unspecified atom stereocenters. The van der Waals surface area contributed by atoms with Crippen molar-refractivity contribution in [3.8, 4) is 11.4 Å². The molecule has 1 aliphatic heterocycles. The lowest BCUT2D eigenvalue weighted by Crippen LogP contribution is -2.38. The normalized spacial score (nSPS) is 15.0. The summed E-state index contributed by atoms with van der Waals surface area (Å²) in [5, 5.41) is 0.906. The first-order valence-electron chi connectivity index (χ1n) is 9.27. The molecule has 144 valence electrons. The van der Waals surface area contributed by atoms with Crippen molar-refractivity contribution >= 4 is 17.2 Å². The van der Waals surface area contributed by atoms with E-state index in [1.165, 1.54) is 17.4 Å². The summed E-state index contributed by atoms with van der Waals surface area (Å²) >= 11 is 1.45. The lowest BCUT2D eigenvalue weighted by molar-refractivity contribution is 0.0715. The van der Waals surface area contributed by atoms with Gasteiger partial charge in [0.05, 0.1) is 22.1 Å². The van der Waals surface area contributed by atoms with Crippen LogP contribution in [0.3, 0.4) is 0 Å². The summed E-state index contributed by atoms with van der Waals surface area (Å²) in [6.07, 6.45) is 3.21. The summed E-state index contributed by atoms with van der Waals surface area (Å²) in [6.45, 7) is 5.06. The van der Waals surface area contributed by atoms with E-state index >= 15 is 0 Å².